The van der Waals surface area contributed by atoms with Crippen molar-refractivity contribution >= 4 is 12.1 Å². The summed E-state index contributed by atoms with van der Waals surface area (Å²) in [5, 5.41) is 2.67. The summed E-state index contributed by atoms with van der Waals surface area (Å²) < 4.78 is 10.2. The number of amides is 1. The molecule has 0 saturated carbocycles. The van der Waals surface area contributed by atoms with Crippen molar-refractivity contribution in [2.75, 3.05) is 13.2 Å². The molecule has 0 saturated heterocycles. The van der Waals surface area contributed by atoms with E-state index in [1.54, 1.807) is 0 Å². The van der Waals surface area contributed by atoms with Gasteiger partial charge in [-0.1, -0.05) is 13.3 Å². The van der Waals surface area contributed by atoms with Crippen LogP contribution in [0.2, 0.25) is 0 Å². The van der Waals surface area contributed by atoms with Crippen LogP contribution >= 0.6 is 0 Å². The third-order valence-electron chi connectivity index (χ3n) is 2.66. The topological polar surface area (TPSA) is 90.6 Å². The molecule has 0 aromatic carbocycles. The summed E-state index contributed by atoms with van der Waals surface area (Å²) in [6.45, 7) is 8.42. The average Bonchev–Trinajstić information content (AvgIpc) is 2.36. The highest BCUT2D eigenvalue weighted by Crippen LogP contribution is 2.06. The number of hydrogen-bond donors (Lipinski definition) is 2. The number of esters is 1. The number of unbranched alkanes of at least 4 members (excludes halogenated alkanes) is 2. The molecule has 0 aliphatic rings. The van der Waals surface area contributed by atoms with Crippen LogP contribution in [-0.4, -0.2) is 36.9 Å². The Hall–Kier alpha value is -1.30. The van der Waals surface area contributed by atoms with Crippen LogP contribution in [0.3, 0.4) is 0 Å². The van der Waals surface area contributed by atoms with Gasteiger partial charge >= 0.3 is 12.1 Å². The predicted octanol–water partition coefficient (Wildman–Crippen LogP) is 2.35. The Kier molecular flexibility index (Phi) is 9.78. The second-order valence-electron chi connectivity index (χ2n) is 6.05. The van der Waals surface area contributed by atoms with E-state index in [0.29, 0.717) is 19.6 Å². The molecular weight excluding hydrogens is 272 g/mol. The van der Waals surface area contributed by atoms with Crippen molar-refractivity contribution in [2.45, 2.75) is 71.4 Å². The number of ether oxygens (including phenoxy) is 2. The maximum absolute atomic E-state index is 11.5. The van der Waals surface area contributed by atoms with Gasteiger partial charge in [0.05, 0.1) is 6.61 Å². The Balaban J connectivity index is 3.62. The molecule has 0 spiro atoms. The molecule has 0 rings (SSSR count). The first-order valence-corrected chi connectivity index (χ1v) is 7.65. The first kappa shape index (κ1) is 19.7. The Morgan fingerprint density at radius 2 is 1.86 bits per heavy atom. The van der Waals surface area contributed by atoms with Crippen LogP contribution in [0.5, 0.6) is 0 Å². The van der Waals surface area contributed by atoms with Crippen molar-refractivity contribution < 1.29 is 19.1 Å². The summed E-state index contributed by atoms with van der Waals surface area (Å²) >= 11 is 0. The smallest absolute Gasteiger partial charge is 0.407 e. The molecule has 0 aromatic heterocycles. The lowest BCUT2D eigenvalue weighted by atomic mass is 10.1. The van der Waals surface area contributed by atoms with Gasteiger partial charge in [-0.3, -0.25) is 4.79 Å². The maximum atomic E-state index is 11.5. The Morgan fingerprint density at radius 1 is 1.19 bits per heavy atom. The number of nitrogens with one attached hydrogen (secondary N) is 1. The molecule has 1 atom stereocenters. The van der Waals surface area contributed by atoms with Gasteiger partial charge in [-0.15, -0.1) is 0 Å². The zero-order chi connectivity index (χ0) is 16.3. The number of carbonyl (C=O) groups excluding carboxylic acids is 2. The van der Waals surface area contributed by atoms with E-state index in [1.165, 1.54) is 0 Å². The first-order valence-electron chi connectivity index (χ1n) is 7.65. The molecule has 0 aromatic rings. The van der Waals surface area contributed by atoms with Crippen molar-refractivity contribution in [1.82, 2.24) is 5.32 Å². The lowest BCUT2D eigenvalue weighted by molar-refractivity contribution is -0.145. The summed E-state index contributed by atoms with van der Waals surface area (Å²) in [5.41, 5.74) is 5.25. The van der Waals surface area contributed by atoms with Gasteiger partial charge in [0.15, 0.2) is 0 Å². The lowest BCUT2D eigenvalue weighted by Gasteiger charge is -2.19. The number of alkyl carbamates (subject to hydrolysis) is 1. The summed E-state index contributed by atoms with van der Waals surface area (Å²) in [6, 6.07) is -0.580. The minimum absolute atomic E-state index is 0.344. The van der Waals surface area contributed by atoms with E-state index < -0.39 is 17.7 Å². The Bertz CT molecular complexity index is 313. The van der Waals surface area contributed by atoms with Gasteiger partial charge in [-0.05, 0) is 46.5 Å². The third-order valence-corrected chi connectivity index (χ3v) is 2.66. The standard InChI is InChI=1S/C15H30N2O4/c1-5-6-11-20-13(18)12(16)9-7-8-10-17-14(19)21-15(2,3)4/h12H,5-11,16H2,1-4H3,(H,17,19). The number of carbonyl (C=O) groups is 2. The monoisotopic (exact) mass is 302 g/mol. The molecule has 0 radical (unpaired) electrons. The van der Waals surface area contributed by atoms with Crippen LogP contribution in [0.25, 0.3) is 0 Å². The van der Waals surface area contributed by atoms with Crippen LogP contribution in [0, 0.1) is 0 Å². The molecule has 0 heterocycles. The molecule has 0 aliphatic carbocycles. The molecule has 0 fully saturated rings. The van der Waals surface area contributed by atoms with Crippen molar-refractivity contribution in [3.05, 3.63) is 0 Å². The molecule has 1 unspecified atom stereocenters. The first-order chi connectivity index (χ1) is 9.76. The van der Waals surface area contributed by atoms with Crippen LogP contribution in [0.15, 0.2) is 0 Å². The second kappa shape index (κ2) is 10.4. The normalized spacial score (nSPS) is 12.6. The zero-order valence-electron chi connectivity index (χ0n) is 13.7. The predicted molar refractivity (Wildman–Crippen MR) is 81.9 cm³/mol. The van der Waals surface area contributed by atoms with E-state index in [1.807, 2.05) is 27.7 Å². The van der Waals surface area contributed by atoms with E-state index >= 15 is 0 Å². The van der Waals surface area contributed by atoms with E-state index in [9.17, 15) is 9.59 Å². The second-order valence-corrected chi connectivity index (χ2v) is 6.05. The highest BCUT2D eigenvalue weighted by molar-refractivity contribution is 5.75. The van der Waals surface area contributed by atoms with Crippen molar-refractivity contribution in [1.29, 1.82) is 0 Å². The van der Waals surface area contributed by atoms with Gasteiger partial charge in [-0.2, -0.15) is 0 Å². The molecule has 3 N–H and O–H groups in total. The van der Waals surface area contributed by atoms with Gasteiger partial charge in [0, 0.05) is 6.54 Å². The minimum atomic E-state index is -0.580. The molecule has 0 aliphatic heterocycles. The molecule has 1 amide bonds. The third kappa shape index (κ3) is 12.2. The summed E-state index contributed by atoms with van der Waals surface area (Å²) in [5.74, 6) is -0.344. The largest absolute Gasteiger partial charge is 0.465 e. The van der Waals surface area contributed by atoms with Crippen LogP contribution in [0.4, 0.5) is 4.79 Å². The van der Waals surface area contributed by atoms with Crippen molar-refractivity contribution in [3.8, 4) is 0 Å². The van der Waals surface area contributed by atoms with Crippen molar-refractivity contribution in [3.63, 3.8) is 0 Å². The van der Waals surface area contributed by atoms with E-state index in [0.717, 1.165) is 25.7 Å². The fourth-order valence-corrected chi connectivity index (χ4v) is 1.54. The summed E-state index contributed by atoms with van der Waals surface area (Å²) in [7, 11) is 0. The van der Waals surface area contributed by atoms with E-state index in [2.05, 4.69) is 5.32 Å². The Labute approximate surface area is 127 Å². The van der Waals surface area contributed by atoms with E-state index in [-0.39, 0.29) is 5.97 Å². The van der Waals surface area contributed by atoms with Crippen molar-refractivity contribution in [2.24, 2.45) is 5.73 Å². The SMILES string of the molecule is CCCCOC(=O)C(N)CCCCNC(=O)OC(C)(C)C. The Morgan fingerprint density at radius 3 is 2.43 bits per heavy atom. The van der Waals surface area contributed by atoms with Gasteiger partial charge in [-0.25, -0.2) is 4.79 Å². The molecule has 21 heavy (non-hydrogen) atoms. The highest BCUT2D eigenvalue weighted by atomic mass is 16.6. The summed E-state index contributed by atoms with van der Waals surface area (Å²) in [6.07, 6.45) is 3.47. The molecule has 0 bridgehead atoms. The minimum Gasteiger partial charge on any atom is -0.465 e. The maximum Gasteiger partial charge on any atom is 0.407 e. The van der Waals surface area contributed by atoms with Gasteiger partial charge in [0.1, 0.15) is 11.6 Å². The van der Waals surface area contributed by atoms with Gasteiger partial charge in [0.25, 0.3) is 0 Å². The van der Waals surface area contributed by atoms with Gasteiger partial charge < -0.3 is 20.5 Å². The molecular formula is C15H30N2O4. The average molecular weight is 302 g/mol. The highest BCUT2D eigenvalue weighted by Gasteiger charge is 2.16. The van der Waals surface area contributed by atoms with Crippen LogP contribution < -0.4 is 11.1 Å². The molecule has 6 nitrogen and oxygen atoms in total. The number of rotatable bonds is 9. The van der Waals surface area contributed by atoms with E-state index in [4.69, 9.17) is 15.2 Å². The van der Waals surface area contributed by atoms with Gasteiger partial charge in [0.2, 0.25) is 0 Å². The quantitative estimate of drug-likeness (QED) is 0.504. The fraction of sp³-hybridized carbons (Fsp3) is 0.867. The molecule has 124 valence electrons. The fourth-order valence-electron chi connectivity index (χ4n) is 1.54. The lowest BCUT2D eigenvalue weighted by Crippen LogP contribution is -2.34. The zero-order valence-corrected chi connectivity index (χ0v) is 13.7. The number of hydrogen-bond acceptors (Lipinski definition) is 5. The van der Waals surface area contributed by atoms with Crippen LogP contribution in [-0.2, 0) is 14.3 Å². The summed E-state index contributed by atoms with van der Waals surface area (Å²) in [4.78, 5) is 22.9. The van der Waals surface area contributed by atoms with Crippen LogP contribution in [0.1, 0.15) is 59.8 Å². The molecule has 6 heteroatoms. The number of nitrogens with two attached hydrogens (primary N) is 1.